The van der Waals surface area contributed by atoms with E-state index >= 15 is 0 Å². The molecule has 0 amide bonds. The monoisotopic (exact) mass is 420 g/mol. The summed E-state index contributed by atoms with van der Waals surface area (Å²) in [5, 5.41) is 0. The lowest BCUT2D eigenvalue weighted by atomic mass is 9.93. The summed E-state index contributed by atoms with van der Waals surface area (Å²) in [5.41, 5.74) is 10.0. The number of hydrogen-bond acceptors (Lipinski definition) is 4. The van der Waals surface area contributed by atoms with Gasteiger partial charge in [-0.3, -0.25) is 20.1 Å². The van der Waals surface area contributed by atoms with Gasteiger partial charge in [0.2, 0.25) is 0 Å². The zero-order chi connectivity index (χ0) is 19.1. The summed E-state index contributed by atoms with van der Waals surface area (Å²) >= 11 is 3.67. The first-order valence-electron chi connectivity index (χ1n) is 7.98. The second kappa shape index (κ2) is 10.4. The standard InChI is InChI=1S/C14H34N2O4P2S2/c1-13(2,11-21(15,17)18)5-7-23-9-10-24-8-6-14(3,4)12-22(16,19)20/h5-12H2,1-4H3,(H3,15,17,18)(H3,16,19,20). The zero-order valence-corrected chi connectivity index (χ0v) is 18.7. The van der Waals surface area contributed by atoms with Crippen molar-refractivity contribution in [2.75, 3.05) is 35.3 Å². The highest BCUT2D eigenvalue weighted by Crippen LogP contribution is 2.41. The molecular weight excluding hydrogens is 386 g/mol. The summed E-state index contributed by atoms with van der Waals surface area (Å²) in [6.45, 7) is 7.88. The van der Waals surface area contributed by atoms with Gasteiger partial charge in [-0.2, -0.15) is 23.5 Å². The molecule has 10 heteroatoms. The van der Waals surface area contributed by atoms with Gasteiger partial charge in [-0.15, -0.1) is 0 Å². The second-order valence-electron chi connectivity index (χ2n) is 7.88. The molecule has 6 N–H and O–H groups in total. The average Bonchev–Trinajstić information content (AvgIpc) is 2.25. The molecule has 0 aliphatic rings. The highest BCUT2D eigenvalue weighted by molar-refractivity contribution is 8.02. The Morgan fingerprint density at radius 2 is 1.04 bits per heavy atom. The first kappa shape index (κ1) is 25.0. The zero-order valence-electron chi connectivity index (χ0n) is 15.2. The van der Waals surface area contributed by atoms with Gasteiger partial charge in [0.1, 0.15) is 0 Å². The molecule has 146 valence electrons. The Labute approximate surface area is 155 Å². The number of thioether (sulfide) groups is 2. The van der Waals surface area contributed by atoms with E-state index in [0.717, 1.165) is 35.9 Å². The predicted molar refractivity (Wildman–Crippen MR) is 109 cm³/mol. The van der Waals surface area contributed by atoms with Gasteiger partial charge in [0.15, 0.2) is 0 Å². The largest absolute Gasteiger partial charge is 0.333 e. The Bertz CT molecular complexity index is 422. The fourth-order valence-corrected chi connectivity index (χ4v) is 7.92. The van der Waals surface area contributed by atoms with Crippen molar-refractivity contribution in [3.63, 3.8) is 0 Å². The third-order valence-corrected chi connectivity index (χ3v) is 8.38. The average molecular weight is 421 g/mol. The fraction of sp³-hybridized carbons (Fsp3) is 1.00. The van der Waals surface area contributed by atoms with Crippen LogP contribution in [-0.4, -0.2) is 45.1 Å². The number of rotatable bonds is 13. The van der Waals surface area contributed by atoms with Gasteiger partial charge >= 0.3 is 0 Å². The molecule has 24 heavy (non-hydrogen) atoms. The molecule has 0 aromatic rings. The number of hydrogen-bond donors (Lipinski definition) is 4. The minimum Gasteiger partial charge on any atom is -0.333 e. The van der Waals surface area contributed by atoms with Gasteiger partial charge in [-0.05, 0) is 35.2 Å². The van der Waals surface area contributed by atoms with E-state index in [1.165, 1.54) is 0 Å². The Morgan fingerprint density at radius 3 is 1.29 bits per heavy atom. The van der Waals surface area contributed by atoms with Crippen LogP contribution in [0.15, 0.2) is 0 Å². The third-order valence-electron chi connectivity index (χ3n) is 3.53. The van der Waals surface area contributed by atoms with Crippen LogP contribution in [0.1, 0.15) is 40.5 Å². The first-order chi connectivity index (χ1) is 10.6. The summed E-state index contributed by atoms with van der Waals surface area (Å²) in [5.74, 6) is 3.94. The van der Waals surface area contributed by atoms with Gasteiger partial charge in [0, 0.05) is 23.8 Å². The summed E-state index contributed by atoms with van der Waals surface area (Å²) < 4.78 is 22.6. The summed E-state index contributed by atoms with van der Waals surface area (Å²) in [4.78, 5) is 18.5. The van der Waals surface area contributed by atoms with Crippen LogP contribution in [0.5, 0.6) is 0 Å². The summed E-state index contributed by atoms with van der Waals surface area (Å²) in [6.07, 6.45) is 2.03. The van der Waals surface area contributed by atoms with Gasteiger partial charge in [0.25, 0.3) is 15.0 Å². The van der Waals surface area contributed by atoms with Crippen LogP contribution in [0.4, 0.5) is 0 Å². The SMILES string of the molecule is CC(C)(CCSCCSCCC(C)(C)CP(N)(=O)O)CP(N)(=O)O. The minimum absolute atomic E-state index is 0.153. The van der Waals surface area contributed by atoms with Crippen LogP contribution in [0, 0.1) is 10.8 Å². The maximum Gasteiger partial charge on any atom is 0.265 e. The van der Waals surface area contributed by atoms with Crippen LogP contribution in [0.3, 0.4) is 0 Å². The molecule has 6 nitrogen and oxygen atoms in total. The fourth-order valence-electron chi connectivity index (χ4n) is 2.40. The van der Waals surface area contributed by atoms with E-state index in [1.807, 2.05) is 51.2 Å². The van der Waals surface area contributed by atoms with E-state index in [4.69, 9.17) is 11.0 Å². The Balaban J connectivity index is 3.75. The smallest absolute Gasteiger partial charge is 0.265 e. The minimum atomic E-state index is -3.45. The molecule has 2 atom stereocenters. The normalized spacial score (nSPS) is 18.2. The molecule has 0 aliphatic carbocycles. The maximum atomic E-state index is 11.3. The molecule has 2 unspecified atom stereocenters. The molecule has 0 radical (unpaired) electrons. The van der Waals surface area contributed by atoms with Crippen molar-refractivity contribution in [2.45, 2.75) is 40.5 Å². The maximum absolute atomic E-state index is 11.3. The lowest BCUT2D eigenvalue weighted by molar-refractivity contribution is 0.376. The molecule has 0 aromatic carbocycles. The quantitative estimate of drug-likeness (QED) is 0.263. The van der Waals surface area contributed by atoms with Crippen LogP contribution in [0.2, 0.25) is 0 Å². The third kappa shape index (κ3) is 16.5. The van der Waals surface area contributed by atoms with E-state index in [-0.39, 0.29) is 23.2 Å². The Kier molecular flexibility index (Phi) is 10.8. The molecule has 0 heterocycles. The van der Waals surface area contributed by atoms with Crippen LogP contribution in [0.25, 0.3) is 0 Å². The van der Waals surface area contributed by atoms with Crippen LogP contribution < -0.4 is 11.0 Å². The Morgan fingerprint density at radius 1 is 0.750 bits per heavy atom. The molecule has 0 rings (SSSR count). The molecule has 0 saturated heterocycles. The molecular formula is C14H34N2O4P2S2. The van der Waals surface area contributed by atoms with Crippen molar-refractivity contribution in [3.8, 4) is 0 Å². The van der Waals surface area contributed by atoms with E-state index in [1.54, 1.807) is 0 Å². The van der Waals surface area contributed by atoms with Gasteiger partial charge < -0.3 is 9.79 Å². The molecule has 0 aromatic heterocycles. The van der Waals surface area contributed by atoms with E-state index < -0.39 is 15.0 Å². The summed E-state index contributed by atoms with van der Waals surface area (Å²) in [7, 11) is -6.90. The van der Waals surface area contributed by atoms with Crippen LogP contribution in [-0.2, 0) is 9.13 Å². The van der Waals surface area contributed by atoms with Crippen LogP contribution >= 0.6 is 38.6 Å². The lowest BCUT2D eigenvalue weighted by Gasteiger charge is -2.25. The number of nitrogens with two attached hydrogens (primary N) is 2. The topological polar surface area (TPSA) is 127 Å². The first-order valence-corrected chi connectivity index (χ1v) is 14.1. The van der Waals surface area contributed by atoms with E-state index in [9.17, 15) is 18.9 Å². The highest BCUT2D eigenvalue weighted by Gasteiger charge is 2.27. The second-order valence-corrected chi connectivity index (χ2v) is 14.0. The molecule has 0 aliphatic heterocycles. The van der Waals surface area contributed by atoms with E-state index in [2.05, 4.69) is 0 Å². The van der Waals surface area contributed by atoms with Crippen molar-refractivity contribution in [3.05, 3.63) is 0 Å². The van der Waals surface area contributed by atoms with E-state index in [0.29, 0.717) is 0 Å². The van der Waals surface area contributed by atoms with Crippen molar-refractivity contribution in [1.29, 1.82) is 0 Å². The molecule has 0 fully saturated rings. The van der Waals surface area contributed by atoms with Gasteiger partial charge in [-0.1, -0.05) is 27.7 Å². The van der Waals surface area contributed by atoms with Gasteiger partial charge in [-0.25, -0.2) is 0 Å². The van der Waals surface area contributed by atoms with Crippen molar-refractivity contribution in [2.24, 2.45) is 21.8 Å². The molecule has 0 spiro atoms. The van der Waals surface area contributed by atoms with Crippen molar-refractivity contribution >= 4 is 38.6 Å². The lowest BCUT2D eigenvalue weighted by Crippen LogP contribution is -2.21. The van der Waals surface area contributed by atoms with Crippen molar-refractivity contribution < 1.29 is 18.9 Å². The van der Waals surface area contributed by atoms with Gasteiger partial charge in [0.05, 0.1) is 0 Å². The highest BCUT2D eigenvalue weighted by atomic mass is 32.2. The Hall–Kier alpha value is 1.000. The summed E-state index contributed by atoms with van der Waals surface area (Å²) in [6, 6.07) is 0. The predicted octanol–water partition coefficient (Wildman–Crippen LogP) is 3.57. The van der Waals surface area contributed by atoms with Crippen molar-refractivity contribution in [1.82, 2.24) is 0 Å². The molecule has 0 bridgehead atoms. The molecule has 0 saturated carbocycles.